The van der Waals surface area contributed by atoms with Crippen LogP contribution in [0.1, 0.15) is 105 Å². The average molecular weight is 589 g/mol. The van der Waals surface area contributed by atoms with Gasteiger partial charge in [0.15, 0.2) is 11.5 Å². The smallest absolute Gasteiger partial charge is 0.331 e. The van der Waals surface area contributed by atoms with E-state index in [0.29, 0.717) is 28.9 Å². The zero-order chi connectivity index (χ0) is 30.9. The Kier molecular flexibility index (Phi) is 9.54. The van der Waals surface area contributed by atoms with Crippen molar-refractivity contribution in [1.82, 2.24) is 0 Å². The number of carbonyl (C=O) groups excluding carboxylic acids is 1. The second kappa shape index (κ2) is 12.9. The summed E-state index contributed by atoms with van der Waals surface area (Å²) in [6, 6.07) is 5.04. The summed E-state index contributed by atoms with van der Waals surface area (Å²) in [4.78, 5) is 12.7. The van der Waals surface area contributed by atoms with E-state index in [0.717, 1.165) is 48.5 Å². The summed E-state index contributed by atoms with van der Waals surface area (Å²) in [7, 11) is 1.52. The van der Waals surface area contributed by atoms with Gasteiger partial charge in [-0.3, -0.25) is 0 Å². The van der Waals surface area contributed by atoms with Gasteiger partial charge in [-0.05, 0) is 127 Å². The topological polar surface area (TPSA) is 55.8 Å². The maximum absolute atomic E-state index is 12.7. The molecule has 6 unspecified atom stereocenters. The van der Waals surface area contributed by atoms with Gasteiger partial charge in [0.1, 0.15) is 6.10 Å². The number of phenols is 1. The third-order valence-electron chi connectivity index (χ3n) is 12.7. The molecule has 0 aliphatic heterocycles. The number of hydrogen-bond donors (Lipinski definition) is 1. The Morgan fingerprint density at radius 1 is 1.07 bits per heavy atom. The van der Waals surface area contributed by atoms with Crippen molar-refractivity contribution in [1.29, 1.82) is 0 Å². The number of carbonyl (C=O) groups is 1. The summed E-state index contributed by atoms with van der Waals surface area (Å²) in [6.45, 7) is 14.7. The Bertz CT molecular complexity index is 1240. The quantitative estimate of drug-likeness (QED) is 0.177. The molecule has 0 heterocycles. The minimum atomic E-state index is -0.304. The van der Waals surface area contributed by atoms with Crippen LogP contribution >= 0.6 is 0 Å². The van der Waals surface area contributed by atoms with E-state index in [-0.39, 0.29) is 23.2 Å². The van der Waals surface area contributed by atoms with Gasteiger partial charge in [0, 0.05) is 12.5 Å². The van der Waals surface area contributed by atoms with Gasteiger partial charge in [0.2, 0.25) is 0 Å². The highest BCUT2D eigenvalue weighted by molar-refractivity contribution is 5.87. The first kappa shape index (κ1) is 31.9. The highest BCUT2D eigenvalue weighted by Crippen LogP contribution is 2.67. The molecule has 43 heavy (non-hydrogen) atoms. The van der Waals surface area contributed by atoms with E-state index in [1.165, 1.54) is 51.7 Å². The van der Waals surface area contributed by atoms with E-state index in [2.05, 4.69) is 59.8 Å². The molecule has 1 aromatic rings. The summed E-state index contributed by atoms with van der Waals surface area (Å²) >= 11 is 0. The molecule has 1 aromatic carbocycles. The fourth-order valence-corrected chi connectivity index (χ4v) is 10.1. The Balaban J connectivity index is 1.22. The number of aromatic hydroxyl groups is 1. The number of ether oxygens (including phenoxy) is 2. The van der Waals surface area contributed by atoms with Crippen molar-refractivity contribution in [3.05, 3.63) is 53.6 Å². The molecule has 9 atom stereocenters. The zero-order valence-corrected chi connectivity index (χ0v) is 27.8. The SMILES string of the molecule is CCC(/C=C\C(C)C1CCC2C3CC=C4C[C@@H](OC(=O)/C=C/c5ccc(O)c(OC)c5)CC[C@]4(C)C3CC[C@]12C)C(C)C. The maximum atomic E-state index is 12.7. The molecule has 236 valence electrons. The van der Waals surface area contributed by atoms with Crippen LogP contribution in [0.25, 0.3) is 6.08 Å². The van der Waals surface area contributed by atoms with E-state index in [1.54, 1.807) is 29.8 Å². The van der Waals surface area contributed by atoms with Crippen molar-refractivity contribution in [3.63, 3.8) is 0 Å². The second-order valence-electron chi connectivity index (χ2n) is 15.1. The van der Waals surface area contributed by atoms with Crippen LogP contribution in [0, 0.1) is 52.3 Å². The second-order valence-corrected chi connectivity index (χ2v) is 15.1. The lowest BCUT2D eigenvalue weighted by Crippen LogP contribution is -2.51. The summed E-state index contributed by atoms with van der Waals surface area (Å²) in [5, 5.41) is 9.82. The van der Waals surface area contributed by atoms with Crippen molar-refractivity contribution in [2.45, 2.75) is 105 Å². The average Bonchev–Trinajstić information content (AvgIpc) is 3.34. The molecule has 4 heteroatoms. The number of fused-ring (bicyclic) bond motifs is 5. The Labute approximate surface area is 261 Å². The van der Waals surface area contributed by atoms with Gasteiger partial charge in [0.25, 0.3) is 0 Å². The largest absolute Gasteiger partial charge is 0.504 e. The van der Waals surface area contributed by atoms with Crippen LogP contribution in [0.4, 0.5) is 0 Å². The number of phenolic OH excluding ortho intramolecular Hbond substituents is 1. The van der Waals surface area contributed by atoms with Crippen LogP contribution in [-0.2, 0) is 9.53 Å². The summed E-state index contributed by atoms with van der Waals surface area (Å²) < 4.78 is 11.1. The zero-order valence-electron chi connectivity index (χ0n) is 27.8. The molecule has 0 saturated heterocycles. The van der Waals surface area contributed by atoms with Crippen molar-refractivity contribution >= 4 is 12.0 Å². The third-order valence-corrected chi connectivity index (χ3v) is 12.7. The molecule has 4 aliphatic rings. The lowest BCUT2D eigenvalue weighted by Gasteiger charge is -2.58. The lowest BCUT2D eigenvalue weighted by molar-refractivity contribution is -0.145. The third kappa shape index (κ3) is 6.22. The molecule has 5 rings (SSSR count). The normalized spacial score (nSPS) is 35.3. The number of methoxy groups -OCH3 is 1. The van der Waals surface area contributed by atoms with Crippen molar-refractivity contribution in [3.8, 4) is 11.5 Å². The number of hydrogen-bond acceptors (Lipinski definition) is 4. The molecule has 0 radical (unpaired) electrons. The summed E-state index contributed by atoms with van der Waals surface area (Å²) in [5.41, 5.74) is 3.01. The van der Waals surface area contributed by atoms with Gasteiger partial charge >= 0.3 is 5.97 Å². The number of benzene rings is 1. The van der Waals surface area contributed by atoms with Gasteiger partial charge in [-0.2, -0.15) is 0 Å². The Morgan fingerprint density at radius 2 is 1.86 bits per heavy atom. The van der Waals surface area contributed by atoms with Gasteiger partial charge in [0.05, 0.1) is 7.11 Å². The molecule has 1 N–H and O–H groups in total. The van der Waals surface area contributed by atoms with E-state index in [1.807, 2.05) is 0 Å². The van der Waals surface area contributed by atoms with E-state index >= 15 is 0 Å². The molecule has 0 amide bonds. The van der Waals surface area contributed by atoms with Crippen molar-refractivity contribution in [2.75, 3.05) is 7.11 Å². The van der Waals surface area contributed by atoms with E-state index in [4.69, 9.17) is 9.47 Å². The first-order valence-corrected chi connectivity index (χ1v) is 17.1. The van der Waals surface area contributed by atoms with E-state index < -0.39 is 0 Å². The molecule has 0 spiro atoms. The summed E-state index contributed by atoms with van der Waals surface area (Å²) in [6.07, 6.45) is 21.6. The monoisotopic (exact) mass is 588 g/mol. The van der Waals surface area contributed by atoms with E-state index in [9.17, 15) is 9.90 Å². The van der Waals surface area contributed by atoms with Crippen LogP contribution in [-0.4, -0.2) is 24.3 Å². The standard InChI is InChI=1S/C39H56O4/c1-8-28(25(2)3)12-9-26(4)32-15-16-33-31-14-13-29-24-30(19-21-38(29,5)34(31)20-22-39(32,33)6)43-37(41)18-11-27-10-17-35(40)36(23-27)42-7/h9-13,17-18,23,25-26,28,30-34,40H,8,14-16,19-22,24H2,1-7H3/b12-9-,18-11+/t26?,28?,30-,31?,32?,33?,34?,38-,39+/m0/s1. The Hall–Kier alpha value is -2.49. The highest BCUT2D eigenvalue weighted by Gasteiger charge is 2.59. The van der Waals surface area contributed by atoms with Crippen LogP contribution in [0.15, 0.2) is 48.1 Å². The fraction of sp³-hybridized carbons (Fsp3) is 0.667. The molecular weight excluding hydrogens is 532 g/mol. The minimum absolute atomic E-state index is 0.0579. The minimum Gasteiger partial charge on any atom is -0.504 e. The van der Waals surface area contributed by atoms with Crippen molar-refractivity contribution in [2.24, 2.45) is 52.3 Å². The van der Waals surface area contributed by atoms with Gasteiger partial charge in [-0.15, -0.1) is 0 Å². The molecule has 3 fully saturated rings. The van der Waals surface area contributed by atoms with Crippen LogP contribution < -0.4 is 4.74 Å². The number of rotatable bonds is 9. The first-order valence-electron chi connectivity index (χ1n) is 17.1. The maximum Gasteiger partial charge on any atom is 0.331 e. The van der Waals surface area contributed by atoms with Crippen LogP contribution in [0.3, 0.4) is 0 Å². The molecule has 4 aliphatic carbocycles. The van der Waals surface area contributed by atoms with Crippen molar-refractivity contribution < 1.29 is 19.4 Å². The molecule has 0 aromatic heterocycles. The van der Waals surface area contributed by atoms with Gasteiger partial charge in [-0.25, -0.2) is 4.79 Å². The van der Waals surface area contributed by atoms with Gasteiger partial charge < -0.3 is 14.6 Å². The number of allylic oxidation sites excluding steroid dienone is 3. The lowest BCUT2D eigenvalue weighted by atomic mass is 9.47. The molecular formula is C39H56O4. The van der Waals surface area contributed by atoms with Crippen LogP contribution in [0.2, 0.25) is 0 Å². The molecule has 3 saturated carbocycles. The highest BCUT2D eigenvalue weighted by atomic mass is 16.5. The van der Waals surface area contributed by atoms with Gasteiger partial charge in [-0.1, -0.05) is 71.4 Å². The Morgan fingerprint density at radius 3 is 2.58 bits per heavy atom. The van der Waals surface area contributed by atoms with Crippen LogP contribution in [0.5, 0.6) is 11.5 Å². The first-order chi connectivity index (χ1) is 20.5. The molecule has 4 nitrogen and oxygen atoms in total. The fourth-order valence-electron chi connectivity index (χ4n) is 10.1. The predicted octanol–water partition coefficient (Wildman–Crippen LogP) is 9.78. The molecule has 0 bridgehead atoms. The predicted molar refractivity (Wildman–Crippen MR) is 176 cm³/mol. The number of esters is 1. The summed E-state index contributed by atoms with van der Waals surface area (Å²) in [5.74, 6) is 5.39.